The molecule has 6 heteroatoms. The molecule has 1 aliphatic heterocycles. The lowest BCUT2D eigenvalue weighted by molar-refractivity contribution is -0.200. The summed E-state index contributed by atoms with van der Waals surface area (Å²) < 4.78 is 4.90. The zero-order valence-electron chi connectivity index (χ0n) is 8.52. The van der Waals surface area contributed by atoms with E-state index >= 15 is 0 Å². The van der Waals surface area contributed by atoms with Crippen LogP contribution in [0.2, 0.25) is 0 Å². The van der Waals surface area contributed by atoms with Crippen LogP contribution >= 0.6 is 0 Å². The maximum atomic E-state index is 11.1. The molecule has 0 aromatic rings. The summed E-state index contributed by atoms with van der Waals surface area (Å²) in [5, 5.41) is 0.512. The van der Waals surface area contributed by atoms with Gasteiger partial charge in [0.05, 0.1) is 0 Å². The van der Waals surface area contributed by atoms with Crippen LogP contribution in [0.15, 0.2) is 0 Å². The van der Waals surface area contributed by atoms with Gasteiger partial charge in [-0.2, -0.15) is 0 Å². The van der Waals surface area contributed by atoms with Crippen LogP contribution in [0.3, 0.4) is 0 Å². The lowest BCUT2D eigenvalue weighted by atomic mass is 10.4. The Labute approximate surface area is 87.1 Å². The van der Waals surface area contributed by atoms with Crippen molar-refractivity contribution in [1.29, 1.82) is 0 Å². The minimum absolute atomic E-state index is 0.0991. The Morgan fingerprint density at radius 3 is 2.47 bits per heavy atom. The molecule has 1 rings (SSSR count). The molecule has 6 nitrogen and oxygen atoms in total. The molecule has 0 unspecified atom stereocenters. The molecule has 84 valence electrons. The number of rotatable bonds is 5. The van der Waals surface area contributed by atoms with Gasteiger partial charge in [-0.3, -0.25) is 9.59 Å². The maximum Gasteiger partial charge on any atom is 0.358 e. The highest BCUT2D eigenvalue weighted by Gasteiger charge is 2.32. The number of nitrogens with zero attached hydrogens (tertiary/aromatic N) is 1. The van der Waals surface area contributed by atoms with Gasteiger partial charge in [0.1, 0.15) is 6.61 Å². The van der Waals surface area contributed by atoms with Gasteiger partial charge in [0, 0.05) is 19.4 Å². The van der Waals surface area contributed by atoms with Gasteiger partial charge in [0.2, 0.25) is 0 Å². The number of carbonyl (C=O) groups excluding carboxylic acids is 3. The molecule has 0 saturated carbocycles. The van der Waals surface area contributed by atoms with E-state index in [9.17, 15) is 14.4 Å². The molecule has 0 atom stereocenters. The molecule has 1 saturated heterocycles. The maximum absolute atomic E-state index is 11.1. The molecule has 15 heavy (non-hydrogen) atoms. The van der Waals surface area contributed by atoms with E-state index in [0.717, 1.165) is 6.42 Å². The Bertz CT molecular complexity index is 260. The summed E-state index contributed by atoms with van der Waals surface area (Å²) in [6.07, 6.45) is 0.985. The minimum atomic E-state index is -0.730. The van der Waals surface area contributed by atoms with E-state index in [1.54, 1.807) is 0 Å². The molecule has 0 aromatic heterocycles. The van der Waals surface area contributed by atoms with Crippen molar-refractivity contribution in [1.82, 2.24) is 5.06 Å². The first kappa shape index (κ1) is 11.6. The van der Waals surface area contributed by atoms with Gasteiger partial charge in [0.25, 0.3) is 11.8 Å². The fourth-order valence-electron chi connectivity index (χ4n) is 1.09. The zero-order valence-corrected chi connectivity index (χ0v) is 8.52. The average Bonchev–Trinajstić information content (AvgIpc) is 2.50. The number of hydroxylamine groups is 2. The molecule has 0 N–H and O–H groups in total. The fraction of sp³-hybridized carbons (Fsp3) is 0.667. The number of amides is 2. The van der Waals surface area contributed by atoms with Crippen molar-refractivity contribution in [3.05, 3.63) is 0 Å². The van der Waals surface area contributed by atoms with Crippen molar-refractivity contribution in [2.45, 2.75) is 26.2 Å². The lowest BCUT2D eigenvalue weighted by Gasteiger charge is -2.12. The summed E-state index contributed by atoms with van der Waals surface area (Å²) in [5.41, 5.74) is 0. The smallest absolute Gasteiger partial charge is 0.358 e. The molecular formula is C9H13NO5. The summed E-state index contributed by atoms with van der Waals surface area (Å²) >= 11 is 0. The second-order valence-corrected chi connectivity index (χ2v) is 3.10. The Morgan fingerprint density at radius 1 is 1.33 bits per heavy atom. The quantitative estimate of drug-likeness (QED) is 0.477. The average molecular weight is 215 g/mol. The third kappa shape index (κ3) is 3.32. The summed E-state index contributed by atoms with van der Waals surface area (Å²) in [6, 6.07) is 0. The second kappa shape index (κ2) is 5.45. The van der Waals surface area contributed by atoms with E-state index in [1.807, 2.05) is 6.92 Å². The van der Waals surface area contributed by atoms with Gasteiger partial charge in [-0.05, 0) is 6.42 Å². The second-order valence-electron chi connectivity index (χ2n) is 3.10. The van der Waals surface area contributed by atoms with Crippen molar-refractivity contribution in [3.63, 3.8) is 0 Å². The van der Waals surface area contributed by atoms with Crippen LogP contribution in [0.4, 0.5) is 0 Å². The van der Waals surface area contributed by atoms with Gasteiger partial charge in [-0.1, -0.05) is 6.92 Å². The van der Waals surface area contributed by atoms with Crippen LogP contribution < -0.4 is 0 Å². The first-order valence-electron chi connectivity index (χ1n) is 4.79. The molecular weight excluding hydrogens is 202 g/mol. The van der Waals surface area contributed by atoms with Gasteiger partial charge >= 0.3 is 5.97 Å². The first-order chi connectivity index (χ1) is 7.15. The van der Waals surface area contributed by atoms with Crippen molar-refractivity contribution >= 4 is 17.8 Å². The highest BCUT2D eigenvalue weighted by atomic mass is 16.7. The predicted octanol–water partition coefficient (Wildman–Crippen LogP) is 0.0202. The topological polar surface area (TPSA) is 72.9 Å². The molecule has 0 aromatic carbocycles. The van der Waals surface area contributed by atoms with Crippen molar-refractivity contribution in [3.8, 4) is 0 Å². The molecule has 1 heterocycles. The summed E-state index contributed by atoms with van der Waals surface area (Å²) in [5.74, 6) is -1.69. The number of hydrogen-bond acceptors (Lipinski definition) is 5. The van der Waals surface area contributed by atoms with E-state index in [0.29, 0.717) is 11.7 Å². The SMILES string of the molecule is CCCOCC(=O)ON1C(=O)CCC1=O. The number of hydrogen-bond donors (Lipinski definition) is 0. The number of carbonyl (C=O) groups is 3. The Hall–Kier alpha value is -1.43. The van der Waals surface area contributed by atoms with Crippen LogP contribution in [0.1, 0.15) is 26.2 Å². The van der Waals surface area contributed by atoms with Crippen molar-refractivity contribution in [2.75, 3.05) is 13.2 Å². The minimum Gasteiger partial charge on any atom is -0.370 e. The largest absolute Gasteiger partial charge is 0.370 e. The summed E-state index contributed by atoms with van der Waals surface area (Å²) in [6.45, 7) is 2.10. The van der Waals surface area contributed by atoms with Crippen LogP contribution in [0.5, 0.6) is 0 Å². The molecule has 2 amide bonds. The zero-order chi connectivity index (χ0) is 11.3. The first-order valence-corrected chi connectivity index (χ1v) is 4.79. The predicted molar refractivity (Wildman–Crippen MR) is 48.3 cm³/mol. The fourth-order valence-corrected chi connectivity index (χ4v) is 1.09. The number of ether oxygens (including phenoxy) is 1. The van der Waals surface area contributed by atoms with Crippen molar-refractivity contribution in [2.24, 2.45) is 0 Å². The van der Waals surface area contributed by atoms with Crippen LogP contribution in [-0.2, 0) is 24.0 Å². The lowest BCUT2D eigenvalue weighted by Crippen LogP contribution is -2.33. The monoisotopic (exact) mass is 215 g/mol. The Balaban J connectivity index is 2.31. The molecule has 0 bridgehead atoms. The third-order valence-corrected chi connectivity index (χ3v) is 1.77. The molecule has 0 spiro atoms. The normalized spacial score (nSPS) is 15.9. The Kier molecular flexibility index (Phi) is 4.23. The van der Waals surface area contributed by atoms with Gasteiger partial charge in [0.15, 0.2) is 0 Å². The van der Waals surface area contributed by atoms with Gasteiger partial charge in [-0.25, -0.2) is 4.79 Å². The van der Waals surface area contributed by atoms with E-state index < -0.39 is 17.8 Å². The van der Waals surface area contributed by atoms with Gasteiger partial charge in [-0.15, -0.1) is 5.06 Å². The Morgan fingerprint density at radius 2 is 1.93 bits per heavy atom. The highest BCUT2D eigenvalue weighted by molar-refractivity contribution is 6.01. The van der Waals surface area contributed by atoms with E-state index in [4.69, 9.17) is 4.74 Å². The van der Waals surface area contributed by atoms with E-state index in [2.05, 4.69) is 4.84 Å². The number of imide groups is 1. The highest BCUT2D eigenvalue weighted by Crippen LogP contribution is 2.11. The summed E-state index contributed by atoms with van der Waals surface area (Å²) in [7, 11) is 0. The van der Waals surface area contributed by atoms with Crippen LogP contribution in [-0.4, -0.2) is 36.1 Å². The third-order valence-electron chi connectivity index (χ3n) is 1.77. The standard InChI is InChI=1S/C9H13NO5/c1-2-5-14-6-9(13)15-10-7(11)3-4-8(10)12/h2-6H2,1H3. The van der Waals surface area contributed by atoms with Crippen LogP contribution in [0, 0.1) is 0 Å². The van der Waals surface area contributed by atoms with Gasteiger partial charge < -0.3 is 9.57 Å². The molecule has 1 aliphatic rings. The van der Waals surface area contributed by atoms with Crippen molar-refractivity contribution < 1.29 is 24.0 Å². The molecule has 1 fully saturated rings. The molecule has 0 radical (unpaired) electrons. The molecule has 0 aliphatic carbocycles. The summed E-state index contributed by atoms with van der Waals surface area (Å²) in [4.78, 5) is 37.7. The van der Waals surface area contributed by atoms with E-state index in [1.165, 1.54) is 0 Å². The van der Waals surface area contributed by atoms with E-state index in [-0.39, 0.29) is 19.4 Å². The van der Waals surface area contributed by atoms with Crippen LogP contribution in [0.25, 0.3) is 0 Å².